The van der Waals surface area contributed by atoms with Gasteiger partial charge in [0.05, 0.1) is 19.3 Å². The Morgan fingerprint density at radius 3 is 2.91 bits per heavy atom. The van der Waals surface area contributed by atoms with Crippen molar-refractivity contribution in [2.24, 2.45) is 0 Å². The van der Waals surface area contributed by atoms with Crippen LogP contribution in [0.25, 0.3) is 0 Å². The third-order valence-electron chi connectivity index (χ3n) is 3.42. The normalized spacial score (nSPS) is 23.7. The maximum Gasteiger partial charge on any atom is 0.472 e. The van der Waals surface area contributed by atoms with Gasteiger partial charge in [0.1, 0.15) is 6.23 Å². The fourth-order valence-corrected chi connectivity index (χ4v) is 3.00. The maximum absolute atomic E-state index is 11.7. The van der Waals surface area contributed by atoms with E-state index in [1.54, 1.807) is 0 Å². The number of aromatic amines is 1. The first-order chi connectivity index (χ1) is 10.9. The Hall–Kier alpha value is -1.25. The van der Waals surface area contributed by atoms with Crippen molar-refractivity contribution >= 4 is 7.82 Å². The molecule has 0 bridgehead atoms. The van der Waals surface area contributed by atoms with Gasteiger partial charge in [-0.2, -0.15) is 0 Å². The Kier molecular flexibility index (Phi) is 6.32. The molecule has 0 radical (unpaired) electrons. The molecule has 23 heavy (non-hydrogen) atoms. The molecule has 1 fully saturated rings. The van der Waals surface area contributed by atoms with Crippen molar-refractivity contribution in [3.8, 4) is 0 Å². The number of ether oxygens (including phenoxy) is 1. The van der Waals surface area contributed by atoms with Crippen LogP contribution in [-0.4, -0.2) is 33.8 Å². The average molecular weight is 348 g/mol. The number of H-pyrrole nitrogens is 1. The summed E-state index contributed by atoms with van der Waals surface area (Å²) in [5, 5.41) is 0. The Balaban J connectivity index is 1.85. The summed E-state index contributed by atoms with van der Waals surface area (Å²) >= 11 is 0. The van der Waals surface area contributed by atoms with Crippen LogP contribution in [0.1, 0.15) is 38.8 Å². The van der Waals surface area contributed by atoms with Gasteiger partial charge in [0, 0.05) is 12.3 Å². The van der Waals surface area contributed by atoms with Crippen molar-refractivity contribution in [1.29, 1.82) is 0 Å². The Labute approximate surface area is 132 Å². The molecule has 1 aliphatic rings. The summed E-state index contributed by atoms with van der Waals surface area (Å²) in [6.07, 6.45) is 3.02. The molecule has 0 saturated carbocycles. The van der Waals surface area contributed by atoms with Crippen LogP contribution in [0, 0.1) is 0 Å². The Morgan fingerprint density at radius 2 is 2.22 bits per heavy atom. The maximum atomic E-state index is 11.7. The minimum Gasteiger partial charge on any atom is -0.352 e. The second-order valence-corrected chi connectivity index (χ2v) is 6.71. The first kappa shape index (κ1) is 18.1. The van der Waals surface area contributed by atoms with E-state index in [2.05, 4.69) is 4.98 Å². The van der Waals surface area contributed by atoms with E-state index < -0.39 is 31.4 Å². The van der Waals surface area contributed by atoms with E-state index in [1.807, 2.05) is 6.92 Å². The van der Waals surface area contributed by atoms with Crippen LogP contribution in [0.5, 0.6) is 0 Å². The summed E-state index contributed by atoms with van der Waals surface area (Å²) in [6.45, 7) is 2.00. The number of hydrogen-bond acceptors (Lipinski definition) is 6. The van der Waals surface area contributed by atoms with E-state index >= 15 is 0 Å². The number of phosphoric ester groups is 1. The highest BCUT2D eigenvalue weighted by atomic mass is 31.2. The van der Waals surface area contributed by atoms with Crippen LogP contribution >= 0.6 is 7.82 Å². The van der Waals surface area contributed by atoms with Crippen molar-refractivity contribution in [1.82, 2.24) is 9.55 Å². The van der Waals surface area contributed by atoms with Gasteiger partial charge in [-0.25, -0.2) is 9.36 Å². The van der Waals surface area contributed by atoms with Crippen LogP contribution in [0.4, 0.5) is 0 Å². The number of hydrogen-bond donors (Lipinski definition) is 2. The summed E-state index contributed by atoms with van der Waals surface area (Å²) in [6, 6.07) is 1.23. The lowest BCUT2D eigenvalue weighted by atomic mass is 10.2. The minimum absolute atomic E-state index is 0.103. The first-order valence-electron chi connectivity index (χ1n) is 7.50. The van der Waals surface area contributed by atoms with Crippen LogP contribution in [0.15, 0.2) is 21.9 Å². The second kappa shape index (κ2) is 8.03. The van der Waals surface area contributed by atoms with Gasteiger partial charge in [0.25, 0.3) is 5.56 Å². The zero-order chi connectivity index (χ0) is 16.9. The molecule has 0 aromatic carbocycles. The monoisotopic (exact) mass is 348 g/mol. The van der Waals surface area contributed by atoms with Gasteiger partial charge >= 0.3 is 13.5 Å². The van der Waals surface area contributed by atoms with Crippen LogP contribution < -0.4 is 11.2 Å². The molecule has 1 saturated heterocycles. The molecule has 2 N–H and O–H groups in total. The average Bonchev–Trinajstić information content (AvgIpc) is 2.94. The zero-order valence-electron chi connectivity index (χ0n) is 12.8. The van der Waals surface area contributed by atoms with Gasteiger partial charge in [0.2, 0.25) is 0 Å². The van der Waals surface area contributed by atoms with E-state index in [1.165, 1.54) is 16.8 Å². The summed E-state index contributed by atoms with van der Waals surface area (Å²) in [4.78, 5) is 34.4. The largest absolute Gasteiger partial charge is 0.472 e. The summed E-state index contributed by atoms with van der Waals surface area (Å²) in [7, 11) is -4.08. The fourth-order valence-electron chi connectivity index (χ4n) is 2.21. The standard InChI is InChI=1S/C13H21N2O7P/c1-2-3-8-20-23(18,19)21-9-10-4-5-12(22-10)15-7-6-11(16)14-13(15)17/h6-7,10,12H,2-5,8-9H2,1H3,(H,18,19)(H,14,16,17)/t10-,12-/m1/s1. The molecule has 1 aromatic rings. The van der Waals surface area contributed by atoms with Crippen LogP contribution in [-0.2, 0) is 18.3 Å². The number of phosphoric acid groups is 1. The molecule has 1 aromatic heterocycles. The number of aromatic nitrogens is 2. The third-order valence-corrected chi connectivity index (χ3v) is 4.41. The Bertz CT molecular complexity index is 671. The van der Waals surface area contributed by atoms with E-state index in [9.17, 15) is 19.0 Å². The smallest absolute Gasteiger partial charge is 0.352 e. The van der Waals surface area contributed by atoms with E-state index in [4.69, 9.17) is 13.8 Å². The Morgan fingerprint density at radius 1 is 1.43 bits per heavy atom. The predicted molar refractivity (Wildman–Crippen MR) is 81.1 cm³/mol. The second-order valence-electron chi connectivity index (χ2n) is 5.26. The lowest BCUT2D eigenvalue weighted by molar-refractivity contribution is -0.0260. The highest BCUT2D eigenvalue weighted by molar-refractivity contribution is 7.47. The fraction of sp³-hybridized carbons (Fsp3) is 0.692. The molecule has 2 rings (SSSR count). The summed E-state index contributed by atoms with van der Waals surface area (Å²) < 4.78 is 28.3. The van der Waals surface area contributed by atoms with Gasteiger partial charge < -0.3 is 9.63 Å². The van der Waals surface area contributed by atoms with Crippen molar-refractivity contribution in [2.45, 2.75) is 44.9 Å². The summed E-state index contributed by atoms with van der Waals surface area (Å²) in [5.41, 5.74) is -1.03. The number of nitrogens with zero attached hydrogens (tertiary/aromatic N) is 1. The van der Waals surface area contributed by atoms with Crippen molar-refractivity contribution in [3.63, 3.8) is 0 Å². The molecule has 10 heteroatoms. The molecule has 1 unspecified atom stereocenters. The molecular weight excluding hydrogens is 327 g/mol. The van der Waals surface area contributed by atoms with Crippen LogP contribution in [0.2, 0.25) is 0 Å². The molecule has 0 aliphatic carbocycles. The van der Waals surface area contributed by atoms with Gasteiger partial charge in [-0.3, -0.25) is 23.4 Å². The highest BCUT2D eigenvalue weighted by Crippen LogP contribution is 2.44. The molecular formula is C13H21N2O7P. The first-order valence-corrected chi connectivity index (χ1v) is 8.99. The lowest BCUT2D eigenvalue weighted by Gasteiger charge is -2.17. The summed E-state index contributed by atoms with van der Waals surface area (Å²) in [5.74, 6) is 0. The number of nitrogens with one attached hydrogen (secondary N) is 1. The van der Waals surface area contributed by atoms with Gasteiger partial charge in [-0.15, -0.1) is 0 Å². The molecule has 2 heterocycles. The lowest BCUT2D eigenvalue weighted by Crippen LogP contribution is -2.31. The van der Waals surface area contributed by atoms with Gasteiger partial charge in [-0.05, 0) is 19.3 Å². The molecule has 9 nitrogen and oxygen atoms in total. The van der Waals surface area contributed by atoms with Crippen molar-refractivity contribution in [3.05, 3.63) is 33.1 Å². The van der Waals surface area contributed by atoms with E-state index in [0.717, 1.165) is 6.42 Å². The molecule has 3 atom stereocenters. The topological polar surface area (TPSA) is 120 Å². The predicted octanol–water partition coefficient (Wildman–Crippen LogP) is 1.15. The minimum atomic E-state index is -4.08. The van der Waals surface area contributed by atoms with E-state index in [-0.39, 0.29) is 13.2 Å². The quantitative estimate of drug-likeness (QED) is 0.534. The zero-order valence-corrected chi connectivity index (χ0v) is 13.7. The molecule has 130 valence electrons. The molecule has 0 amide bonds. The highest BCUT2D eigenvalue weighted by Gasteiger charge is 2.30. The third kappa shape index (κ3) is 5.40. The SMILES string of the molecule is CCCCOP(=O)(O)OC[C@H]1CC[C@H](n2ccc(=O)[nH]c2=O)O1. The van der Waals surface area contributed by atoms with Gasteiger partial charge in [-0.1, -0.05) is 13.3 Å². The van der Waals surface area contributed by atoms with E-state index in [0.29, 0.717) is 19.3 Å². The van der Waals surface area contributed by atoms with Crippen molar-refractivity contribution in [2.75, 3.05) is 13.2 Å². The van der Waals surface area contributed by atoms with Gasteiger partial charge in [0.15, 0.2) is 0 Å². The molecule has 1 aliphatic heterocycles. The number of unbranched alkanes of at least 4 members (excludes halogenated alkanes) is 1. The van der Waals surface area contributed by atoms with Crippen molar-refractivity contribution < 1.29 is 23.2 Å². The van der Waals surface area contributed by atoms with Crippen LogP contribution in [0.3, 0.4) is 0 Å². The molecule has 0 spiro atoms. The number of rotatable bonds is 8.